The van der Waals surface area contributed by atoms with Crippen LogP contribution >= 0.6 is 11.8 Å². The van der Waals surface area contributed by atoms with Crippen molar-refractivity contribution in [1.29, 1.82) is 0 Å². The molecule has 0 aliphatic carbocycles. The van der Waals surface area contributed by atoms with Gasteiger partial charge in [0.25, 0.3) is 0 Å². The van der Waals surface area contributed by atoms with Crippen molar-refractivity contribution in [2.45, 2.75) is 15.5 Å². The van der Waals surface area contributed by atoms with E-state index in [4.69, 9.17) is 5.84 Å². The molecule has 0 unspecified atom stereocenters. The third-order valence-electron chi connectivity index (χ3n) is 2.63. The van der Waals surface area contributed by atoms with Gasteiger partial charge in [-0.15, -0.1) is 11.8 Å². The molecule has 0 radical (unpaired) electrons. The molecule has 1 aromatic heterocycles. The fraction of sp³-hybridized carbons (Fsp3) is 0.154. The van der Waals surface area contributed by atoms with Gasteiger partial charge in [-0.1, -0.05) is 0 Å². The topological polar surface area (TPSA) is 85.1 Å². The molecule has 2 rings (SSSR count). The van der Waals surface area contributed by atoms with Crippen molar-refractivity contribution in [1.82, 2.24) is 4.98 Å². The molecule has 0 saturated carbocycles. The van der Waals surface area contributed by atoms with Crippen LogP contribution in [0.25, 0.3) is 0 Å². The summed E-state index contributed by atoms with van der Waals surface area (Å²) in [5, 5.41) is 0. The molecule has 0 amide bonds. The molecule has 5 nitrogen and oxygen atoms in total. The second-order valence-electron chi connectivity index (χ2n) is 4.23. The Morgan fingerprint density at radius 3 is 2.55 bits per heavy atom. The molecule has 0 saturated heterocycles. The molecule has 1 aromatic carbocycles. The quantitative estimate of drug-likeness (QED) is 0.499. The number of benzene rings is 1. The van der Waals surface area contributed by atoms with Crippen molar-refractivity contribution in [3.63, 3.8) is 0 Å². The molecule has 0 aliphatic rings. The molecule has 0 aliphatic heterocycles. The van der Waals surface area contributed by atoms with Crippen LogP contribution in [0.2, 0.25) is 0 Å². The number of thioether (sulfide) groups is 1. The highest BCUT2D eigenvalue weighted by atomic mass is 32.2. The minimum Gasteiger partial charge on any atom is -0.308 e. The zero-order chi connectivity index (χ0) is 14.6. The lowest BCUT2D eigenvalue weighted by atomic mass is 10.3. The van der Waals surface area contributed by atoms with Crippen LogP contribution in [0.5, 0.6) is 0 Å². The number of nitrogens with zero attached hydrogens (tertiary/aromatic N) is 1. The van der Waals surface area contributed by atoms with Crippen molar-refractivity contribution in [3.8, 4) is 0 Å². The van der Waals surface area contributed by atoms with Crippen molar-refractivity contribution in [2.75, 3.05) is 11.7 Å². The maximum absolute atomic E-state index is 11.4. The predicted octanol–water partition coefficient (Wildman–Crippen LogP) is 2.06. The highest BCUT2D eigenvalue weighted by Crippen LogP contribution is 2.24. The number of nitrogen functional groups attached to an aromatic ring is 1. The van der Waals surface area contributed by atoms with Gasteiger partial charge in [0.2, 0.25) is 0 Å². The molecular formula is C13H15N3O2S2. The molecular weight excluding hydrogens is 294 g/mol. The molecule has 1 heterocycles. The van der Waals surface area contributed by atoms with Gasteiger partial charge in [0, 0.05) is 23.1 Å². The summed E-state index contributed by atoms with van der Waals surface area (Å²) in [5.74, 6) is 6.69. The van der Waals surface area contributed by atoms with Gasteiger partial charge in [0.1, 0.15) is 5.82 Å². The van der Waals surface area contributed by atoms with Crippen molar-refractivity contribution in [3.05, 3.63) is 48.2 Å². The van der Waals surface area contributed by atoms with Crippen LogP contribution in [0, 0.1) is 0 Å². The lowest BCUT2D eigenvalue weighted by molar-refractivity contribution is 0.602. The molecule has 0 fully saturated rings. The Morgan fingerprint density at radius 1 is 1.25 bits per heavy atom. The maximum Gasteiger partial charge on any atom is 0.175 e. The van der Waals surface area contributed by atoms with E-state index in [1.54, 1.807) is 30.1 Å². The zero-order valence-electron chi connectivity index (χ0n) is 10.9. The standard InChI is InChI=1S/C13H15N3O2S2/c1-20(17,18)12-4-2-11(3-5-12)19-9-10-6-7-15-13(8-10)16-14/h2-8H,9,14H2,1H3,(H,15,16). The minimum atomic E-state index is -3.14. The van der Waals surface area contributed by atoms with Gasteiger partial charge in [-0.25, -0.2) is 19.2 Å². The summed E-state index contributed by atoms with van der Waals surface area (Å²) in [6.07, 6.45) is 2.89. The summed E-state index contributed by atoms with van der Waals surface area (Å²) < 4.78 is 22.7. The Bertz CT molecular complexity index is 685. The van der Waals surface area contributed by atoms with Crippen molar-refractivity contribution < 1.29 is 8.42 Å². The van der Waals surface area contributed by atoms with Gasteiger partial charge in [0.15, 0.2) is 9.84 Å². The number of pyridine rings is 1. The normalized spacial score (nSPS) is 11.3. The highest BCUT2D eigenvalue weighted by Gasteiger charge is 2.06. The second kappa shape index (κ2) is 6.25. The first-order valence-electron chi connectivity index (χ1n) is 5.83. The van der Waals surface area contributed by atoms with E-state index in [0.29, 0.717) is 10.7 Å². The van der Waals surface area contributed by atoms with Gasteiger partial charge >= 0.3 is 0 Å². The molecule has 3 N–H and O–H groups in total. The third kappa shape index (κ3) is 3.96. The smallest absolute Gasteiger partial charge is 0.175 e. The Balaban J connectivity index is 2.04. The number of nitrogens with one attached hydrogen (secondary N) is 1. The Kier molecular flexibility index (Phi) is 4.64. The summed E-state index contributed by atoms with van der Waals surface area (Å²) in [6, 6.07) is 10.7. The van der Waals surface area contributed by atoms with Crippen LogP contribution in [0.3, 0.4) is 0 Å². The monoisotopic (exact) mass is 309 g/mol. The van der Waals surface area contributed by atoms with E-state index in [1.165, 1.54) is 6.26 Å². The average Bonchev–Trinajstić information content (AvgIpc) is 2.45. The van der Waals surface area contributed by atoms with Crippen LogP contribution < -0.4 is 11.3 Å². The molecule has 0 spiro atoms. The first-order valence-corrected chi connectivity index (χ1v) is 8.71. The third-order valence-corrected chi connectivity index (χ3v) is 4.84. The van der Waals surface area contributed by atoms with Gasteiger partial charge in [-0.05, 0) is 42.0 Å². The number of nitrogens with two attached hydrogens (primary N) is 1. The predicted molar refractivity (Wildman–Crippen MR) is 81.2 cm³/mol. The molecule has 7 heteroatoms. The van der Waals surface area contributed by atoms with Crippen molar-refractivity contribution >= 4 is 27.4 Å². The van der Waals surface area contributed by atoms with Gasteiger partial charge in [-0.3, -0.25) is 0 Å². The number of anilines is 1. The highest BCUT2D eigenvalue weighted by molar-refractivity contribution is 7.98. The van der Waals surface area contributed by atoms with E-state index < -0.39 is 9.84 Å². The summed E-state index contributed by atoms with van der Waals surface area (Å²) in [7, 11) is -3.14. The summed E-state index contributed by atoms with van der Waals surface area (Å²) in [6.45, 7) is 0. The lowest BCUT2D eigenvalue weighted by Gasteiger charge is -2.05. The number of hydrazine groups is 1. The number of hydrogen-bond donors (Lipinski definition) is 2. The first-order chi connectivity index (χ1) is 9.49. The Labute approximate surface area is 122 Å². The molecule has 106 valence electrons. The summed E-state index contributed by atoms with van der Waals surface area (Å²) >= 11 is 1.62. The SMILES string of the molecule is CS(=O)(=O)c1ccc(SCc2ccnc(NN)c2)cc1. The van der Waals surface area contributed by atoms with Crippen LogP contribution in [0.4, 0.5) is 5.82 Å². The number of aromatic nitrogens is 1. The number of sulfone groups is 1. The fourth-order valence-electron chi connectivity index (χ4n) is 1.59. The molecule has 20 heavy (non-hydrogen) atoms. The molecule has 0 atom stereocenters. The van der Waals surface area contributed by atoms with Crippen LogP contribution in [0.1, 0.15) is 5.56 Å². The van der Waals surface area contributed by atoms with Gasteiger partial charge in [0.05, 0.1) is 4.90 Å². The largest absolute Gasteiger partial charge is 0.308 e. The zero-order valence-corrected chi connectivity index (χ0v) is 12.5. The maximum atomic E-state index is 11.4. The average molecular weight is 309 g/mol. The van der Waals surface area contributed by atoms with E-state index >= 15 is 0 Å². The lowest BCUT2D eigenvalue weighted by Crippen LogP contribution is -2.08. The van der Waals surface area contributed by atoms with E-state index in [1.807, 2.05) is 24.3 Å². The molecule has 0 bridgehead atoms. The first kappa shape index (κ1) is 14.8. The Hall–Kier alpha value is -1.57. The minimum absolute atomic E-state index is 0.334. The number of rotatable bonds is 5. The van der Waals surface area contributed by atoms with Crippen LogP contribution in [-0.4, -0.2) is 19.7 Å². The second-order valence-corrected chi connectivity index (χ2v) is 7.29. The Morgan fingerprint density at radius 2 is 1.95 bits per heavy atom. The van der Waals surface area contributed by atoms with Gasteiger partial charge in [-0.2, -0.15) is 0 Å². The molecule has 2 aromatic rings. The van der Waals surface area contributed by atoms with Crippen LogP contribution in [-0.2, 0) is 15.6 Å². The summed E-state index contributed by atoms with van der Waals surface area (Å²) in [4.78, 5) is 5.38. The van der Waals surface area contributed by atoms with E-state index in [9.17, 15) is 8.42 Å². The number of hydrogen-bond acceptors (Lipinski definition) is 6. The van der Waals surface area contributed by atoms with E-state index in [2.05, 4.69) is 10.4 Å². The fourth-order valence-corrected chi connectivity index (χ4v) is 3.06. The summed E-state index contributed by atoms with van der Waals surface area (Å²) in [5.41, 5.74) is 3.59. The van der Waals surface area contributed by atoms with Crippen LogP contribution in [0.15, 0.2) is 52.4 Å². The van der Waals surface area contributed by atoms with Gasteiger partial charge < -0.3 is 5.43 Å². The van der Waals surface area contributed by atoms with Crippen molar-refractivity contribution in [2.24, 2.45) is 5.84 Å². The van der Waals surface area contributed by atoms with E-state index in [-0.39, 0.29) is 0 Å². The van der Waals surface area contributed by atoms with E-state index in [0.717, 1.165) is 16.2 Å².